The molecule has 8 heteroatoms. The SMILES string of the molecule is Cc1ccc(C2=C(Nc3ccc4c(c3)OCO4)C(=O)N(c3ccc(F)c(F)c3)C2=O)cc1. The van der Waals surface area contributed by atoms with Crippen molar-refractivity contribution >= 4 is 28.8 Å². The van der Waals surface area contributed by atoms with Crippen molar-refractivity contribution < 1.29 is 27.8 Å². The Hall–Kier alpha value is -4.20. The zero-order valence-electron chi connectivity index (χ0n) is 16.8. The summed E-state index contributed by atoms with van der Waals surface area (Å²) in [6, 6.07) is 15.0. The summed E-state index contributed by atoms with van der Waals surface area (Å²) < 4.78 is 37.9. The topological polar surface area (TPSA) is 67.9 Å². The third-order valence-electron chi connectivity index (χ3n) is 5.23. The Bertz CT molecular complexity index is 1300. The van der Waals surface area contributed by atoms with Crippen LogP contribution in [0.1, 0.15) is 11.1 Å². The van der Waals surface area contributed by atoms with E-state index < -0.39 is 23.4 Å². The quantitative estimate of drug-likeness (QED) is 0.617. The maximum Gasteiger partial charge on any atom is 0.282 e. The fraction of sp³-hybridized carbons (Fsp3) is 0.0833. The second-order valence-corrected chi connectivity index (χ2v) is 7.35. The van der Waals surface area contributed by atoms with Crippen LogP contribution in [0.5, 0.6) is 11.5 Å². The molecule has 2 aliphatic heterocycles. The summed E-state index contributed by atoms with van der Waals surface area (Å²) in [5.74, 6) is -2.49. The van der Waals surface area contributed by atoms with Crippen LogP contribution in [0, 0.1) is 18.6 Å². The van der Waals surface area contributed by atoms with Gasteiger partial charge in [0, 0.05) is 17.8 Å². The molecule has 0 radical (unpaired) electrons. The molecule has 0 saturated heterocycles. The smallest absolute Gasteiger partial charge is 0.282 e. The summed E-state index contributed by atoms with van der Waals surface area (Å²) in [5, 5.41) is 3.00. The largest absolute Gasteiger partial charge is 0.454 e. The van der Waals surface area contributed by atoms with Crippen molar-refractivity contribution in [2.24, 2.45) is 0 Å². The molecule has 0 spiro atoms. The molecule has 0 aromatic heterocycles. The number of anilines is 2. The fourth-order valence-corrected chi connectivity index (χ4v) is 3.61. The van der Waals surface area contributed by atoms with Gasteiger partial charge in [0.15, 0.2) is 23.1 Å². The van der Waals surface area contributed by atoms with Gasteiger partial charge in [-0.05, 0) is 36.8 Å². The third-order valence-corrected chi connectivity index (χ3v) is 5.23. The first kappa shape index (κ1) is 19.7. The molecule has 3 aromatic rings. The van der Waals surface area contributed by atoms with Crippen LogP contribution in [0.15, 0.2) is 66.4 Å². The van der Waals surface area contributed by atoms with Crippen LogP contribution in [0.4, 0.5) is 20.2 Å². The van der Waals surface area contributed by atoms with Crippen molar-refractivity contribution in [2.75, 3.05) is 17.0 Å². The molecule has 0 atom stereocenters. The number of fused-ring (bicyclic) bond motifs is 1. The van der Waals surface area contributed by atoms with E-state index in [2.05, 4.69) is 5.32 Å². The Kier molecular flexibility index (Phi) is 4.62. The van der Waals surface area contributed by atoms with Gasteiger partial charge < -0.3 is 14.8 Å². The summed E-state index contributed by atoms with van der Waals surface area (Å²) >= 11 is 0. The molecular weight excluding hydrogens is 418 g/mol. The van der Waals surface area contributed by atoms with Crippen LogP contribution in [0.25, 0.3) is 5.57 Å². The number of carbonyl (C=O) groups excluding carboxylic acids is 2. The highest BCUT2D eigenvalue weighted by molar-refractivity contribution is 6.46. The molecule has 160 valence electrons. The summed E-state index contributed by atoms with van der Waals surface area (Å²) in [5.41, 5.74) is 2.07. The van der Waals surface area contributed by atoms with Gasteiger partial charge in [-0.1, -0.05) is 29.8 Å². The second kappa shape index (κ2) is 7.49. The third kappa shape index (κ3) is 3.26. The number of rotatable bonds is 4. The standard InChI is InChI=1S/C24H16F2N2O4/c1-13-2-4-14(5-3-13)21-22(27-15-6-9-19-20(10-15)32-12-31-19)24(30)28(23(21)29)16-7-8-17(25)18(26)11-16/h2-11,27H,12H2,1H3. The van der Waals surface area contributed by atoms with Gasteiger partial charge in [-0.15, -0.1) is 0 Å². The van der Waals surface area contributed by atoms with Crippen molar-refractivity contribution in [2.45, 2.75) is 6.92 Å². The number of halogens is 2. The zero-order valence-corrected chi connectivity index (χ0v) is 16.8. The number of nitrogens with one attached hydrogen (secondary N) is 1. The number of ether oxygens (including phenoxy) is 2. The van der Waals surface area contributed by atoms with E-state index in [0.717, 1.165) is 22.6 Å². The molecule has 0 bridgehead atoms. The normalized spacial score (nSPS) is 15.0. The average molecular weight is 434 g/mol. The molecule has 1 N–H and O–H groups in total. The van der Waals surface area contributed by atoms with Crippen molar-refractivity contribution in [3.05, 3.63) is 89.1 Å². The number of imide groups is 1. The average Bonchev–Trinajstić information content (AvgIpc) is 3.33. The lowest BCUT2D eigenvalue weighted by Gasteiger charge is -2.15. The molecule has 2 heterocycles. The van der Waals surface area contributed by atoms with Gasteiger partial charge in [0.1, 0.15) is 5.70 Å². The molecule has 0 unspecified atom stereocenters. The van der Waals surface area contributed by atoms with Crippen molar-refractivity contribution in [3.8, 4) is 11.5 Å². The Morgan fingerprint density at radius 1 is 0.844 bits per heavy atom. The van der Waals surface area contributed by atoms with Crippen LogP contribution in [-0.4, -0.2) is 18.6 Å². The van der Waals surface area contributed by atoms with E-state index in [1.165, 1.54) is 6.07 Å². The molecule has 6 nitrogen and oxygen atoms in total. The van der Waals surface area contributed by atoms with Gasteiger partial charge >= 0.3 is 0 Å². The van der Waals surface area contributed by atoms with Gasteiger partial charge in [0.2, 0.25) is 6.79 Å². The number of aryl methyl sites for hydroxylation is 1. The van der Waals surface area contributed by atoms with Gasteiger partial charge in [-0.3, -0.25) is 9.59 Å². The highest BCUT2D eigenvalue weighted by atomic mass is 19.2. The molecule has 0 saturated carbocycles. The first-order chi connectivity index (χ1) is 15.4. The van der Waals surface area contributed by atoms with Crippen LogP contribution in [0.2, 0.25) is 0 Å². The van der Waals surface area contributed by atoms with Crippen LogP contribution in [0.3, 0.4) is 0 Å². The Morgan fingerprint density at radius 3 is 2.34 bits per heavy atom. The number of hydrogen-bond donors (Lipinski definition) is 1. The Labute approximate surface area is 181 Å². The first-order valence-corrected chi connectivity index (χ1v) is 9.74. The maximum absolute atomic E-state index is 13.8. The van der Waals surface area contributed by atoms with Crippen LogP contribution >= 0.6 is 0 Å². The molecule has 0 fully saturated rings. The summed E-state index contributed by atoms with van der Waals surface area (Å²) in [4.78, 5) is 27.5. The minimum absolute atomic E-state index is 0.0162. The number of carbonyl (C=O) groups is 2. The minimum Gasteiger partial charge on any atom is -0.454 e. The predicted molar refractivity (Wildman–Crippen MR) is 113 cm³/mol. The fourth-order valence-electron chi connectivity index (χ4n) is 3.61. The summed E-state index contributed by atoms with van der Waals surface area (Å²) in [6.07, 6.45) is 0. The van der Waals surface area contributed by atoms with E-state index in [9.17, 15) is 18.4 Å². The molecule has 3 aromatic carbocycles. The van der Waals surface area contributed by atoms with E-state index in [0.29, 0.717) is 22.7 Å². The number of hydrogen-bond acceptors (Lipinski definition) is 5. The van der Waals surface area contributed by atoms with E-state index in [1.54, 1.807) is 30.3 Å². The minimum atomic E-state index is -1.16. The Balaban J connectivity index is 1.59. The Morgan fingerprint density at radius 2 is 1.59 bits per heavy atom. The lowest BCUT2D eigenvalue weighted by Crippen LogP contribution is -2.32. The van der Waals surface area contributed by atoms with E-state index >= 15 is 0 Å². The molecular formula is C24H16F2N2O4. The first-order valence-electron chi connectivity index (χ1n) is 9.74. The summed E-state index contributed by atoms with van der Waals surface area (Å²) in [6.45, 7) is 2.00. The number of amides is 2. The lowest BCUT2D eigenvalue weighted by atomic mass is 10.0. The van der Waals surface area contributed by atoms with Gasteiger partial charge in [0.05, 0.1) is 11.3 Å². The monoisotopic (exact) mass is 434 g/mol. The molecule has 2 aliphatic rings. The van der Waals surface area contributed by atoms with Gasteiger partial charge in [-0.25, -0.2) is 13.7 Å². The maximum atomic E-state index is 13.8. The molecule has 5 rings (SSSR count). The number of benzene rings is 3. The second-order valence-electron chi connectivity index (χ2n) is 7.35. The van der Waals surface area contributed by atoms with Crippen molar-refractivity contribution in [3.63, 3.8) is 0 Å². The van der Waals surface area contributed by atoms with Gasteiger partial charge in [-0.2, -0.15) is 0 Å². The van der Waals surface area contributed by atoms with E-state index in [1.807, 2.05) is 19.1 Å². The zero-order chi connectivity index (χ0) is 22.4. The van der Waals surface area contributed by atoms with Crippen LogP contribution < -0.4 is 19.7 Å². The highest BCUT2D eigenvalue weighted by Crippen LogP contribution is 2.37. The predicted octanol–water partition coefficient (Wildman–Crippen LogP) is 4.40. The van der Waals surface area contributed by atoms with Crippen LogP contribution in [-0.2, 0) is 9.59 Å². The highest BCUT2D eigenvalue weighted by Gasteiger charge is 2.40. The molecule has 2 amide bonds. The molecule has 32 heavy (non-hydrogen) atoms. The number of nitrogens with zero attached hydrogens (tertiary/aromatic N) is 1. The summed E-state index contributed by atoms with van der Waals surface area (Å²) in [7, 11) is 0. The lowest BCUT2D eigenvalue weighted by molar-refractivity contribution is -0.120. The van der Waals surface area contributed by atoms with E-state index in [4.69, 9.17) is 9.47 Å². The van der Waals surface area contributed by atoms with E-state index in [-0.39, 0.29) is 23.8 Å². The van der Waals surface area contributed by atoms with Gasteiger partial charge in [0.25, 0.3) is 11.8 Å². The van der Waals surface area contributed by atoms with Crippen molar-refractivity contribution in [1.82, 2.24) is 0 Å². The van der Waals surface area contributed by atoms with Crippen molar-refractivity contribution in [1.29, 1.82) is 0 Å². The molecule has 0 aliphatic carbocycles.